The zero-order valence-electron chi connectivity index (χ0n) is 16.6. The van der Waals surface area contributed by atoms with Crippen LogP contribution in [0.4, 0.5) is 0 Å². The van der Waals surface area contributed by atoms with Crippen LogP contribution in [0.1, 0.15) is 24.0 Å². The fourth-order valence-electron chi connectivity index (χ4n) is 3.75. The molecule has 148 valence electrons. The van der Waals surface area contributed by atoms with E-state index in [-0.39, 0.29) is 11.9 Å². The minimum atomic E-state index is -0.333. The smallest absolute Gasteiger partial charge is 0.312 e. The fourth-order valence-corrected chi connectivity index (χ4v) is 3.93. The second-order valence-corrected chi connectivity index (χ2v) is 7.55. The predicted octanol–water partition coefficient (Wildman–Crippen LogP) is 5.78. The number of fused-ring (bicyclic) bond motifs is 3. The lowest BCUT2D eigenvalue weighted by atomic mass is 9.99. The van der Waals surface area contributed by atoms with Gasteiger partial charge in [-0.05, 0) is 54.4 Å². The van der Waals surface area contributed by atoms with Crippen molar-refractivity contribution in [2.24, 2.45) is 0 Å². The van der Waals surface area contributed by atoms with Crippen LogP contribution in [-0.4, -0.2) is 24.8 Å². The molecular weight excluding hydrogens is 386 g/mol. The Bertz CT molecular complexity index is 1190. The Balaban J connectivity index is 1.89. The van der Waals surface area contributed by atoms with Crippen LogP contribution in [0.5, 0.6) is 5.75 Å². The van der Waals surface area contributed by atoms with E-state index in [0.29, 0.717) is 11.6 Å². The molecule has 4 rings (SSSR count). The first-order valence-electron chi connectivity index (χ1n) is 9.44. The van der Waals surface area contributed by atoms with Crippen molar-refractivity contribution in [3.63, 3.8) is 0 Å². The molecule has 0 aliphatic rings. The highest BCUT2D eigenvalue weighted by atomic mass is 35.5. The number of ether oxygens (including phenoxy) is 2. The molecule has 1 heterocycles. The summed E-state index contributed by atoms with van der Waals surface area (Å²) in [7, 11) is 3.08. The molecule has 3 aromatic carbocycles. The van der Waals surface area contributed by atoms with Crippen LogP contribution in [0, 0.1) is 0 Å². The molecule has 4 aromatic rings. The van der Waals surface area contributed by atoms with Gasteiger partial charge in [0.15, 0.2) is 0 Å². The van der Waals surface area contributed by atoms with E-state index in [1.54, 1.807) is 7.11 Å². The van der Waals surface area contributed by atoms with Crippen LogP contribution in [0.3, 0.4) is 0 Å². The Labute approximate surface area is 174 Å². The van der Waals surface area contributed by atoms with E-state index in [0.717, 1.165) is 38.7 Å². The third-order valence-corrected chi connectivity index (χ3v) is 5.64. The van der Waals surface area contributed by atoms with Crippen molar-refractivity contribution in [3.8, 4) is 5.75 Å². The molecular formula is C24H22ClNO3. The van der Waals surface area contributed by atoms with Crippen molar-refractivity contribution >= 4 is 39.4 Å². The Morgan fingerprint density at radius 2 is 1.72 bits per heavy atom. The van der Waals surface area contributed by atoms with Crippen molar-refractivity contribution in [1.29, 1.82) is 0 Å². The summed E-state index contributed by atoms with van der Waals surface area (Å²) in [6.07, 6.45) is 0. The number of halogens is 1. The highest BCUT2D eigenvalue weighted by Gasteiger charge is 2.18. The maximum atomic E-state index is 12.0. The Kier molecular flexibility index (Phi) is 5.20. The summed E-state index contributed by atoms with van der Waals surface area (Å²) in [6, 6.07) is 20.1. The van der Waals surface area contributed by atoms with Crippen molar-refractivity contribution in [3.05, 3.63) is 76.8 Å². The Morgan fingerprint density at radius 3 is 2.41 bits per heavy atom. The van der Waals surface area contributed by atoms with Gasteiger partial charge >= 0.3 is 5.97 Å². The lowest BCUT2D eigenvalue weighted by molar-refractivity contribution is -0.141. The minimum absolute atomic E-state index is 0.245. The van der Waals surface area contributed by atoms with E-state index in [4.69, 9.17) is 21.1 Å². The molecule has 0 saturated carbocycles. The number of rotatable bonds is 5. The van der Waals surface area contributed by atoms with Gasteiger partial charge in [0.25, 0.3) is 0 Å². The normalized spacial score (nSPS) is 12.3. The van der Waals surface area contributed by atoms with Crippen molar-refractivity contribution < 1.29 is 14.3 Å². The third kappa shape index (κ3) is 3.56. The van der Waals surface area contributed by atoms with Crippen LogP contribution in [0.15, 0.2) is 60.7 Å². The van der Waals surface area contributed by atoms with Gasteiger partial charge in [-0.25, -0.2) is 0 Å². The molecule has 4 nitrogen and oxygen atoms in total. The van der Waals surface area contributed by atoms with Crippen LogP contribution in [-0.2, 0) is 16.1 Å². The van der Waals surface area contributed by atoms with E-state index in [9.17, 15) is 4.79 Å². The molecule has 0 fully saturated rings. The highest BCUT2D eigenvalue weighted by Crippen LogP contribution is 2.34. The molecule has 0 spiro atoms. The summed E-state index contributed by atoms with van der Waals surface area (Å²) < 4.78 is 12.5. The summed E-state index contributed by atoms with van der Waals surface area (Å²) in [5.74, 6) is 0.252. The zero-order valence-corrected chi connectivity index (χ0v) is 17.4. The van der Waals surface area contributed by atoms with E-state index < -0.39 is 0 Å². The second-order valence-electron chi connectivity index (χ2n) is 7.12. The minimum Gasteiger partial charge on any atom is -0.497 e. The largest absolute Gasteiger partial charge is 0.497 e. The van der Waals surface area contributed by atoms with Crippen molar-refractivity contribution in [1.82, 2.24) is 4.57 Å². The topological polar surface area (TPSA) is 40.5 Å². The quantitative estimate of drug-likeness (QED) is 0.393. The number of hydrogen-bond donors (Lipinski definition) is 0. The molecule has 1 aromatic heterocycles. The van der Waals surface area contributed by atoms with Crippen molar-refractivity contribution in [2.75, 3.05) is 14.2 Å². The molecule has 0 aliphatic carbocycles. The van der Waals surface area contributed by atoms with Crippen LogP contribution >= 0.6 is 11.6 Å². The van der Waals surface area contributed by atoms with Crippen LogP contribution in [0.25, 0.3) is 21.8 Å². The van der Waals surface area contributed by atoms with Gasteiger partial charge in [0.2, 0.25) is 0 Å². The second kappa shape index (κ2) is 7.80. The molecule has 0 bridgehead atoms. The standard InChI is InChI=1S/C24H22ClNO3/c1-15(24(27)29-3)17-6-10-20-21-13-18(25)7-11-22(21)26(23(20)12-17)14-16-4-8-19(28-2)9-5-16/h4-13,15H,14H2,1-3H3. The monoisotopic (exact) mass is 407 g/mol. The molecule has 0 aliphatic heterocycles. The van der Waals surface area contributed by atoms with E-state index in [1.165, 1.54) is 7.11 Å². The first kappa shape index (κ1) is 19.3. The Morgan fingerprint density at radius 1 is 0.966 bits per heavy atom. The SMILES string of the molecule is COC(=O)C(C)c1ccc2c3cc(Cl)ccc3n(Cc3ccc(OC)cc3)c2c1. The van der Waals surface area contributed by atoms with Gasteiger partial charge in [-0.3, -0.25) is 4.79 Å². The van der Waals surface area contributed by atoms with Gasteiger partial charge in [0, 0.05) is 33.4 Å². The number of benzene rings is 3. The fraction of sp³-hybridized carbons (Fsp3) is 0.208. The number of methoxy groups -OCH3 is 2. The number of nitrogens with zero attached hydrogens (tertiary/aromatic N) is 1. The summed E-state index contributed by atoms with van der Waals surface area (Å²) in [5, 5.41) is 2.91. The van der Waals surface area contributed by atoms with Crippen molar-refractivity contribution in [2.45, 2.75) is 19.4 Å². The van der Waals surface area contributed by atoms with E-state index >= 15 is 0 Å². The molecule has 0 amide bonds. The van der Waals surface area contributed by atoms with Crippen LogP contribution in [0.2, 0.25) is 5.02 Å². The maximum Gasteiger partial charge on any atom is 0.312 e. The maximum absolute atomic E-state index is 12.0. The van der Waals surface area contributed by atoms with Gasteiger partial charge in [0.05, 0.1) is 20.1 Å². The van der Waals surface area contributed by atoms with E-state index in [2.05, 4.69) is 28.8 Å². The lowest BCUT2D eigenvalue weighted by Gasteiger charge is -2.12. The summed E-state index contributed by atoms with van der Waals surface area (Å²) >= 11 is 6.28. The molecule has 1 unspecified atom stereocenters. The molecule has 0 saturated heterocycles. The van der Waals surface area contributed by atoms with Gasteiger partial charge < -0.3 is 14.0 Å². The molecule has 0 N–H and O–H groups in total. The average molecular weight is 408 g/mol. The zero-order chi connectivity index (χ0) is 20.5. The average Bonchev–Trinajstić information content (AvgIpc) is 3.05. The van der Waals surface area contributed by atoms with E-state index in [1.807, 2.05) is 43.3 Å². The number of carbonyl (C=O) groups is 1. The Hall–Kier alpha value is -2.98. The first-order chi connectivity index (χ1) is 14.0. The van der Waals surface area contributed by atoms with Gasteiger partial charge in [-0.2, -0.15) is 0 Å². The van der Waals surface area contributed by atoms with Gasteiger partial charge in [-0.1, -0.05) is 35.9 Å². The predicted molar refractivity (Wildman–Crippen MR) is 117 cm³/mol. The summed E-state index contributed by atoms with van der Waals surface area (Å²) in [5.41, 5.74) is 4.25. The number of hydrogen-bond acceptors (Lipinski definition) is 3. The number of aromatic nitrogens is 1. The molecule has 29 heavy (non-hydrogen) atoms. The number of carbonyl (C=O) groups excluding carboxylic acids is 1. The molecule has 5 heteroatoms. The molecule has 0 radical (unpaired) electrons. The highest BCUT2D eigenvalue weighted by molar-refractivity contribution is 6.31. The summed E-state index contributed by atoms with van der Waals surface area (Å²) in [6.45, 7) is 2.56. The lowest BCUT2D eigenvalue weighted by Crippen LogP contribution is -2.10. The number of esters is 1. The summed E-state index contributed by atoms with van der Waals surface area (Å²) in [4.78, 5) is 12.0. The van der Waals surface area contributed by atoms with Gasteiger partial charge in [0.1, 0.15) is 5.75 Å². The van der Waals surface area contributed by atoms with Gasteiger partial charge in [-0.15, -0.1) is 0 Å². The van der Waals surface area contributed by atoms with Crippen LogP contribution < -0.4 is 4.74 Å². The first-order valence-corrected chi connectivity index (χ1v) is 9.81. The molecule has 1 atom stereocenters. The third-order valence-electron chi connectivity index (χ3n) is 5.41.